The van der Waals surface area contributed by atoms with Crippen molar-refractivity contribution in [2.24, 2.45) is 0 Å². The Labute approximate surface area is 104 Å². The van der Waals surface area contributed by atoms with Crippen LogP contribution in [-0.2, 0) is 6.54 Å². The van der Waals surface area contributed by atoms with E-state index in [1.165, 1.54) is 12.1 Å². The highest BCUT2D eigenvalue weighted by Crippen LogP contribution is 2.19. The standard InChI is InChI=1S/C12H17BrFNO/c1-12(2,16)8-15(3)7-9-4-5-10(14)6-11(9)13/h4-6,16H,7-8H2,1-3H3. The summed E-state index contributed by atoms with van der Waals surface area (Å²) >= 11 is 3.33. The minimum Gasteiger partial charge on any atom is -0.389 e. The molecule has 90 valence electrons. The van der Waals surface area contributed by atoms with Gasteiger partial charge in [-0.1, -0.05) is 22.0 Å². The lowest BCUT2D eigenvalue weighted by Crippen LogP contribution is -2.35. The number of hydrogen-bond donors (Lipinski definition) is 1. The molecule has 0 saturated carbocycles. The zero-order chi connectivity index (χ0) is 12.3. The van der Waals surface area contributed by atoms with E-state index in [1.54, 1.807) is 19.9 Å². The van der Waals surface area contributed by atoms with Crippen molar-refractivity contribution in [2.45, 2.75) is 26.0 Å². The van der Waals surface area contributed by atoms with Crippen molar-refractivity contribution >= 4 is 15.9 Å². The topological polar surface area (TPSA) is 23.5 Å². The van der Waals surface area contributed by atoms with Gasteiger partial charge >= 0.3 is 0 Å². The van der Waals surface area contributed by atoms with Crippen LogP contribution in [0.4, 0.5) is 4.39 Å². The molecule has 1 rings (SSSR count). The summed E-state index contributed by atoms with van der Waals surface area (Å²) in [5.74, 6) is -0.249. The van der Waals surface area contributed by atoms with E-state index in [9.17, 15) is 9.50 Å². The molecule has 0 unspecified atom stereocenters. The normalized spacial score (nSPS) is 12.2. The van der Waals surface area contributed by atoms with Gasteiger partial charge in [-0.05, 0) is 38.6 Å². The molecule has 2 nitrogen and oxygen atoms in total. The van der Waals surface area contributed by atoms with Gasteiger partial charge in [-0.25, -0.2) is 4.39 Å². The van der Waals surface area contributed by atoms with Crippen molar-refractivity contribution in [3.05, 3.63) is 34.1 Å². The molecule has 0 aliphatic rings. The summed E-state index contributed by atoms with van der Waals surface area (Å²) in [6.07, 6.45) is 0. The Morgan fingerprint density at radius 3 is 2.56 bits per heavy atom. The summed E-state index contributed by atoms with van der Waals surface area (Å²) in [6.45, 7) is 4.77. The van der Waals surface area contributed by atoms with Gasteiger partial charge in [0.05, 0.1) is 5.60 Å². The minimum atomic E-state index is -0.721. The second-order valence-corrected chi connectivity index (χ2v) is 5.57. The Bertz CT molecular complexity index is 363. The van der Waals surface area contributed by atoms with E-state index < -0.39 is 5.60 Å². The van der Waals surface area contributed by atoms with Crippen molar-refractivity contribution in [3.63, 3.8) is 0 Å². The smallest absolute Gasteiger partial charge is 0.124 e. The van der Waals surface area contributed by atoms with Crippen LogP contribution in [0.3, 0.4) is 0 Å². The van der Waals surface area contributed by atoms with E-state index in [0.717, 1.165) is 10.0 Å². The van der Waals surface area contributed by atoms with Gasteiger partial charge in [-0.3, -0.25) is 4.90 Å². The number of likely N-dealkylation sites (N-methyl/N-ethyl adjacent to an activating group) is 1. The number of rotatable bonds is 4. The lowest BCUT2D eigenvalue weighted by Gasteiger charge is -2.25. The SMILES string of the molecule is CN(Cc1ccc(F)cc1Br)CC(C)(C)O. The number of aliphatic hydroxyl groups is 1. The van der Waals surface area contributed by atoms with Crippen molar-refractivity contribution in [1.29, 1.82) is 0 Å². The molecule has 0 radical (unpaired) electrons. The maximum absolute atomic E-state index is 12.9. The van der Waals surface area contributed by atoms with Crippen LogP contribution in [-0.4, -0.2) is 29.2 Å². The molecule has 0 spiro atoms. The molecule has 0 amide bonds. The fourth-order valence-electron chi connectivity index (χ4n) is 1.66. The molecule has 1 aromatic rings. The average molecular weight is 290 g/mol. The highest BCUT2D eigenvalue weighted by molar-refractivity contribution is 9.10. The van der Waals surface area contributed by atoms with Crippen molar-refractivity contribution in [3.8, 4) is 0 Å². The minimum absolute atomic E-state index is 0.249. The Morgan fingerprint density at radius 2 is 2.06 bits per heavy atom. The summed E-state index contributed by atoms with van der Waals surface area (Å²) in [4.78, 5) is 2.00. The zero-order valence-electron chi connectivity index (χ0n) is 9.80. The van der Waals surface area contributed by atoms with Gasteiger partial charge in [-0.15, -0.1) is 0 Å². The number of hydrogen-bond acceptors (Lipinski definition) is 2. The lowest BCUT2D eigenvalue weighted by atomic mass is 10.1. The maximum atomic E-state index is 12.9. The van der Waals surface area contributed by atoms with E-state index in [2.05, 4.69) is 15.9 Å². The van der Waals surface area contributed by atoms with Gasteiger partial charge in [0, 0.05) is 17.6 Å². The van der Waals surface area contributed by atoms with E-state index >= 15 is 0 Å². The Hall–Kier alpha value is -0.450. The third-order valence-corrected chi connectivity index (χ3v) is 2.85. The maximum Gasteiger partial charge on any atom is 0.124 e. The molecule has 0 atom stereocenters. The molecule has 4 heteroatoms. The Balaban J connectivity index is 2.66. The van der Waals surface area contributed by atoms with Crippen molar-refractivity contribution in [2.75, 3.05) is 13.6 Å². The highest BCUT2D eigenvalue weighted by atomic mass is 79.9. The first-order valence-corrected chi connectivity index (χ1v) is 5.92. The molecule has 1 aromatic carbocycles. The van der Waals surface area contributed by atoms with Gasteiger partial charge in [0.1, 0.15) is 5.82 Å². The van der Waals surface area contributed by atoms with Crippen LogP contribution in [0.5, 0.6) is 0 Å². The molecule has 1 N–H and O–H groups in total. The molecule has 0 heterocycles. The molecule has 0 aromatic heterocycles. The molecule has 0 aliphatic heterocycles. The van der Waals surface area contributed by atoms with Gasteiger partial charge in [0.15, 0.2) is 0 Å². The predicted octanol–water partition coefficient (Wildman–Crippen LogP) is 2.79. The fourth-order valence-corrected chi connectivity index (χ4v) is 2.13. The average Bonchev–Trinajstić information content (AvgIpc) is 2.06. The quantitative estimate of drug-likeness (QED) is 0.921. The van der Waals surface area contributed by atoms with E-state index in [1.807, 2.05) is 11.9 Å². The first-order valence-electron chi connectivity index (χ1n) is 5.13. The first-order chi connectivity index (χ1) is 7.28. The number of nitrogens with zero attached hydrogens (tertiary/aromatic N) is 1. The summed E-state index contributed by atoms with van der Waals surface area (Å²) in [7, 11) is 1.92. The monoisotopic (exact) mass is 289 g/mol. The van der Waals surface area contributed by atoms with E-state index in [0.29, 0.717) is 13.1 Å². The Kier molecular flexibility index (Phi) is 4.47. The second kappa shape index (κ2) is 5.25. The first kappa shape index (κ1) is 13.6. The van der Waals surface area contributed by atoms with Crippen LogP contribution in [0.2, 0.25) is 0 Å². The van der Waals surface area contributed by atoms with Crippen LogP contribution in [0.25, 0.3) is 0 Å². The van der Waals surface area contributed by atoms with E-state index in [-0.39, 0.29) is 5.82 Å². The van der Waals surface area contributed by atoms with Crippen molar-refractivity contribution in [1.82, 2.24) is 4.90 Å². The highest BCUT2D eigenvalue weighted by Gasteiger charge is 2.16. The molecule has 0 bridgehead atoms. The Morgan fingerprint density at radius 1 is 1.44 bits per heavy atom. The van der Waals surface area contributed by atoms with Crippen LogP contribution in [0.15, 0.2) is 22.7 Å². The lowest BCUT2D eigenvalue weighted by molar-refractivity contribution is 0.0424. The largest absolute Gasteiger partial charge is 0.389 e. The summed E-state index contributed by atoms with van der Waals surface area (Å²) in [5.41, 5.74) is 0.287. The number of halogens is 2. The summed E-state index contributed by atoms with van der Waals surface area (Å²) in [5, 5.41) is 9.67. The third-order valence-electron chi connectivity index (χ3n) is 2.11. The van der Waals surface area contributed by atoms with Crippen LogP contribution < -0.4 is 0 Å². The van der Waals surface area contributed by atoms with Gasteiger partial charge in [0.2, 0.25) is 0 Å². The van der Waals surface area contributed by atoms with E-state index in [4.69, 9.17) is 0 Å². The second-order valence-electron chi connectivity index (χ2n) is 4.72. The van der Waals surface area contributed by atoms with Crippen LogP contribution in [0, 0.1) is 5.82 Å². The third kappa shape index (κ3) is 4.60. The van der Waals surface area contributed by atoms with Gasteiger partial charge in [-0.2, -0.15) is 0 Å². The predicted molar refractivity (Wildman–Crippen MR) is 66.7 cm³/mol. The summed E-state index contributed by atoms with van der Waals surface area (Å²) < 4.78 is 13.6. The van der Waals surface area contributed by atoms with Gasteiger partial charge < -0.3 is 5.11 Å². The molecule has 16 heavy (non-hydrogen) atoms. The van der Waals surface area contributed by atoms with Crippen LogP contribution >= 0.6 is 15.9 Å². The molecule has 0 fully saturated rings. The molecular weight excluding hydrogens is 273 g/mol. The number of benzene rings is 1. The van der Waals surface area contributed by atoms with Crippen LogP contribution in [0.1, 0.15) is 19.4 Å². The molecule has 0 aliphatic carbocycles. The molecule has 0 saturated heterocycles. The molecular formula is C12H17BrFNO. The fraction of sp³-hybridized carbons (Fsp3) is 0.500. The zero-order valence-corrected chi connectivity index (χ0v) is 11.4. The summed E-state index contributed by atoms with van der Waals surface area (Å²) in [6, 6.07) is 4.64. The van der Waals surface area contributed by atoms with Gasteiger partial charge in [0.25, 0.3) is 0 Å². The van der Waals surface area contributed by atoms with Crippen molar-refractivity contribution < 1.29 is 9.50 Å².